The Morgan fingerprint density at radius 3 is 2.60 bits per heavy atom. The van der Waals surface area contributed by atoms with Crippen LogP contribution < -0.4 is 10.1 Å². The van der Waals surface area contributed by atoms with Crippen molar-refractivity contribution in [3.05, 3.63) is 59.7 Å². The lowest BCUT2D eigenvalue weighted by Gasteiger charge is -2.26. The number of ether oxygens (including phenoxy) is 2. The van der Waals surface area contributed by atoms with E-state index in [9.17, 15) is 13.2 Å². The van der Waals surface area contributed by atoms with Gasteiger partial charge in [0.2, 0.25) is 15.9 Å². The summed E-state index contributed by atoms with van der Waals surface area (Å²) in [4.78, 5) is 12.3. The Kier molecular flexibility index (Phi) is 7.46. The molecule has 7 nitrogen and oxygen atoms in total. The van der Waals surface area contributed by atoms with Gasteiger partial charge in [0.05, 0.1) is 33.3 Å². The van der Waals surface area contributed by atoms with E-state index in [-0.39, 0.29) is 42.6 Å². The molecule has 0 bridgehead atoms. The molecule has 0 aromatic heterocycles. The van der Waals surface area contributed by atoms with Gasteiger partial charge in [0, 0.05) is 18.7 Å². The lowest BCUT2D eigenvalue weighted by atomic mass is 10.1. The first kappa shape index (κ1) is 21.8. The normalized spacial score (nSPS) is 14.4. The molecule has 1 amide bonds. The van der Waals surface area contributed by atoms with Crippen molar-refractivity contribution < 1.29 is 22.7 Å². The van der Waals surface area contributed by atoms with Gasteiger partial charge >= 0.3 is 0 Å². The summed E-state index contributed by atoms with van der Waals surface area (Å²) in [6.07, 6.45) is 0.0443. The summed E-state index contributed by atoms with van der Waals surface area (Å²) in [5.74, 6) is 5.88. The second-order valence-corrected chi connectivity index (χ2v) is 8.53. The molecule has 158 valence electrons. The molecule has 1 aliphatic heterocycles. The number of morpholine rings is 1. The number of rotatable bonds is 6. The van der Waals surface area contributed by atoms with Crippen molar-refractivity contribution in [1.82, 2.24) is 9.62 Å². The van der Waals surface area contributed by atoms with Crippen LogP contribution in [0.4, 0.5) is 0 Å². The fourth-order valence-corrected chi connectivity index (χ4v) is 4.63. The quantitative estimate of drug-likeness (QED) is 0.704. The zero-order valence-electron chi connectivity index (χ0n) is 16.8. The number of methoxy groups -OCH3 is 1. The standard InChI is InChI=1S/C22H24N2O5S/c1-28-20-10-9-19(16-21(20)30(26,27)24-12-14-29-15-13-24)17-22(25)23-11-5-8-18-6-3-2-4-7-18/h2-4,6-7,9-10,16H,11-15,17H2,1H3,(H,23,25). The third-order valence-electron chi connectivity index (χ3n) is 4.56. The van der Waals surface area contributed by atoms with E-state index in [1.165, 1.54) is 17.5 Å². The fourth-order valence-electron chi connectivity index (χ4n) is 3.02. The van der Waals surface area contributed by atoms with Gasteiger partial charge in [-0.05, 0) is 29.8 Å². The minimum atomic E-state index is -3.74. The largest absolute Gasteiger partial charge is 0.495 e. The van der Waals surface area contributed by atoms with Gasteiger partial charge in [0.1, 0.15) is 10.6 Å². The number of hydrogen-bond acceptors (Lipinski definition) is 5. The summed E-state index contributed by atoms with van der Waals surface area (Å²) in [5.41, 5.74) is 1.45. The van der Waals surface area contributed by atoms with Crippen molar-refractivity contribution >= 4 is 15.9 Å². The molecule has 1 saturated heterocycles. The molecular weight excluding hydrogens is 404 g/mol. The number of carbonyl (C=O) groups is 1. The molecule has 0 spiro atoms. The summed E-state index contributed by atoms with van der Waals surface area (Å²) >= 11 is 0. The highest BCUT2D eigenvalue weighted by atomic mass is 32.2. The molecule has 8 heteroatoms. The molecule has 3 rings (SSSR count). The number of benzene rings is 2. The van der Waals surface area contributed by atoms with Gasteiger partial charge in [-0.25, -0.2) is 8.42 Å². The molecule has 1 heterocycles. The van der Waals surface area contributed by atoms with Crippen molar-refractivity contribution in [3.63, 3.8) is 0 Å². The van der Waals surface area contributed by atoms with E-state index in [1.807, 2.05) is 30.3 Å². The summed E-state index contributed by atoms with van der Waals surface area (Å²) in [5, 5.41) is 2.73. The number of nitrogens with one attached hydrogen (secondary N) is 1. The molecule has 1 aliphatic rings. The van der Waals surface area contributed by atoms with Crippen LogP contribution in [0.25, 0.3) is 0 Å². The maximum atomic E-state index is 13.0. The number of nitrogens with zero attached hydrogens (tertiary/aromatic N) is 1. The minimum Gasteiger partial charge on any atom is -0.495 e. The van der Waals surface area contributed by atoms with E-state index in [2.05, 4.69) is 17.2 Å². The maximum absolute atomic E-state index is 13.0. The second-order valence-electron chi connectivity index (χ2n) is 6.62. The lowest BCUT2D eigenvalue weighted by molar-refractivity contribution is -0.120. The lowest BCUT2D eigenvalue weighted by Crippen LogP contribution is -2.40. The highest BCUT2D eigenvalue weighted by Gasteiger charge is 2.29. The Morgan fingerprint density at radius 1 is 1.17 bits per heavy atom. The Hall–Kier alpha value is -2.86. The Bertz CT molecular complexity index is 1040. The van der Waals surface area contributed by atoms with E-state index in [1.54, 1.807) is 12.1 Å². The summed E-state index contributed by atoms with van der Waals surface area (Å²) in [6, 6.07) is 14.3. The number of sulfonamides is 1. The van der Waals surface area contributed by atoms with Gasteiger partial charge in [-0.1, -0.05) is 36.1 Å². The van der Waals surface area contributed by atoms with Crippen LogP contribution >= 0.6 is 0 Å². The number of hydrogen-bond donors (Lipinski definition) is 1. The molecule has 0 radical (unpaired) electrons. The van der Waals surface area contributed by atoms with Crippen molar-refractivity contribution in [3.8, 4) is 17.6 Å². The topological polar surface area (TPSA) is 84.9 Å². The maximum Gasteiger partial charge on any atom is 0.246 e. The predicted molar refractivity (Wildman–Crippen MR) is 113 cm³/mol. The Morgan fingerprint density at radius 2 is 1.90 bits per heavy atom. The Balaban J connectivity index is 1.67. The first-order valence-electron chi connectivity index (χ1n) is 9.56. The fraction of sp³-hybridized carbons (Fsp3) is 0.318. The average molecular weight is 429 g/mol. The first-order chi connectivity index (χ1) is 14.5. The summed E-state index contributed by atoms with van der Waals surface area (Å²) in [6.45, 7) is 1.50. The molecule has 0 aliphatic carbocycles. The van der Waals surface area contributed by atoms with E-state index in [4.69, 9.17) is 9.47 Å². The summed E-state index contributed by atoms with van der Waals surface area (Å²) < 4.78 is 37.9. The van der Waals surface area contributed by atoms with E-state index >= 15 is 0 Å². The van der Waals surface area contributed by atoms with Gasteiger partial charge < -0.3 is 14.8 Å². The molecule has 1 N–H and O–H groups in total. The minimum absolute atomic E-state index is 0.0443. The molecule has 1 fully saturated rings. The van der Waals surface area contributed by atoms with Gasteiger partial charge in [-0.3, -0.25) is 4.79 Å². The zero-order valence-corrected chi connectivity index (χ0v) is 17.6. The van der Waals surface area contributed by atoms with Gasteiger partial charge in [0.15, 0.2) is 0 Å². The number of carbonyl (C=O) groups excluding carboxylic acids is 1. The third kappa shape index (κ3) is 5.60. The Labute approximate surface area is 177 Å². The third-order valence-corrected chi connectivity index (χ3v) is 6.48. The van der Waals surface area contributed by atoms with Gasteiger partial charge in [-0.15, -0.1) is 0 Å². The molecule has 0 unspecified atom stereocenters. The second kappa shape index (κ2) is 10.3. The average Bonchev–Trinajstić information content (AvgIpc) is 2.78. The van der Waals surface area contributed by atoms with Crippen molar-refractivity contribution in [2.45, 2.75) is 11.3 Å². The van der Waals surface area contributed by atoms with Gasteiger partial charge in [0.25, 0.3) is 0 Å². The molecular formula is C22H24N2O5S. The van der Waals surface area contributed by atoms with E-state index < -0.39 is 10.0 Å². The van der Waals surface area contributed by atoms with Crippen LogP contribution in [0.5, 0.6) is 5.75 Å². The van der Waals surface area contributed by atoms with E-state index in [0.717, 1.165) is 5.56 Å². The molecule has 2 aromatic carbocycles. The van der Waals surface area contributed by atoms with Crippen molar-refractivity contribution in [2.24, 2.45) is 0 Å². The van der Waals surface area contributed by atoms with E-state index in [0.29, 0.717) is 18.8 Å². The number of amides is 1. The monoisotopic (exact) mass is 428 g/mol. The molecule has 0 saturated carbocycles. The van der Waals surface area contributed by atoms with Crippen molar-refractivity contribution in [2.75, 3.05) is 40.0 Å². The molecule has 2 aromatic rings. The van der Waals surface area contributed by atoms with Crippen LogP contribution in [0.3, 0.4) is 0 Å². The van der Waals surface area contributed by atoms with Crippen LogP contribution in [0.1, 0.15) is 11.1 Å². The SMILES string of the molecule is COc1ccc(CC(=O)NCC#Cc2ccccc2)cc1S(=O)(=O)N1CCOCC1. The highest BCUT2D eigenvalue weighted by molar-refractivity contribution is 7.89. The van der Waals surface area contributed by atoms with Gasteiger partial charge in [-0.2, -0.15) is 4.31 Å². The summed E-state index contributed by atoms with van der Waals surface area (Å²) in [7, 11) is -2.32. The van der Waals surface area contributed by atoms with Crippen LogP contribution in [0.2, 0.25) is 0 Å². The van der Waals surface area contributed by atoms with Crippen LogP contribution in [0, 0.1) is 11.8 Å². The smallest absolute Gasteiger partial charge is 0.246 e. The van der Waals surface area contributed by atoms with Crippen molar-refractivity contribution in [1.29, 1.82) is 0 Å². The first-order valence-corrected chi connectivity index (χ1v) is 11.0. The van der Waals surface area contributed by atoms with Crippen LogP contribution in [0.15, 0.2) is 53.4 Å². The predicted octanol–water partition coefficient (Wildman–Crippen LogP) is 1.43. The zero-order chi connectivity index (χ0) is 21.4. The highest BCUT2D eigenvalue weighted by Crippen LogP contribution is 2.28. The molecule has 0 atom stereocenters. The van der Waals surface area contributed by atoms with Crippen LogP contribution in [-0.4, -0.2) is 58.6 Å². The van der Waals surface area contributed by atoms with Crippen LogP contribution in [-0.2, 0) is 26.0 Å². The molecule has 30 heavy (non-hydrogen) atoms.